The first-order valence-corrected chi connectivity index (χ1v) is 10.3. The number of aromatic hydroxyl groups is 1. The Morgan fingerprint density at radius 3 is 2.57 bits per heavy atom. The molecule has 5 rings (SSSR count). The number of nitrogens with one attached hydrogen (secondary N) is 2. The maximum atomic E-state index is 13.1. The Morgan fingerprint density at radius 2 is 1.75 bits per heavy atom. The summed E-state index contributed by atoms with van der Waals surface area (Å²) >= 11 is 0. The number of hydrogen-bond donors (Lipinski definition) is 3. The Morgan fingerprint density at radius 1 is 1.00 bits per heavy atom. The van der Waals surface area contributed by atoms with Gasteiger partial charge in [-0.2, -0.15) is 0 Å². The summed E-state index contributed by atoms with van der Waals surface area (Å²) < 4.78 is 0. The number of nitrogens with zero attached hydrogens (tertiary/aromatic N) is 1. The van der Waals surface area contributed by atoms with E-state index in [1.165, 1.54) is 24.0 Å². The second-order valence-corrected chi connectivity index (χ2v) is 8.45. The lowest BCUT2D eigenvalue weighted by atomic mass is 9.74. The number of benzene rings is 2. The summed E-state index contributed by atoms with van der Waals surface area (Å²) in [7, 11) is 0. The zero-order valence-corrected chi connectivity index (χ0v) is 16.0. The lowest BCUT2D eigenvalue weighted by Crippen LogP contribution is -2.50. The van der Waals surface area contributed by atoms with Gasteiger partial charge in [-0.15, -0.1) is 0 Å². The van der Waals surface area contributed by atoms with Crippen LogP contribution in [0.1, 0.15) is 48.4 Å². The molecule has 28 heavy (non-hydrogen) atoms. The minimum absolute atomic E-state index is 0.0482. The highest BCUT2D eigenvalue weighted by Crippen LogP contribution is 2.46. The van der Waals surface area contributed by atoms with Gasteiger partial charge in [0.05, 0.1) is 6.04 Å². The van der Waals surface area contributed by atoms with Gasteiger partial charge in [0.2, 0.25) is 5.91 Å². The van der Waals surface area contributed by atoms with Gasteiger partial charge in [0.25, 0.3) is 0 Å². The molecular weight excluding hydrogens is 350 g/mol. The molecule has 2 fully saturated rings. The summed E-state index contributed by atoms with van der Waals surface area (Å²) in [5, 5.41) is 10.1. The van der Waals surface area contributed by atoms with Crippen molar-refractivity contribution in [1.82, 2.24) is 15.8 Å². The van der Waals surface area contributed by atoms with Crippen LogP contribution in [-0.4, -0.2) is 35.0 Å². The topological polar surface area (TPSA) is 64.6 Å². The molecule has 146 valence electrons. The van der Waals surface area contributed by atoms with Gasteiger partial charge in [-0.25, -0.2) is 10.9 Å². The lowest BCUT2D eigenvalue weighted by Gasteiger charge is -2.41. The maximum absolute atomic E-state index is 13.1. The number of para-hydroxylation sites is 1. The number of fused-ring (bicyclic) bond motifs is 2. The van der Waals surface area contributed by atoms with Gasteiger partial charge in [0.1, 0.15) is 11.8 Å². The van der Waals surface area contributed by atoms with Crippen molar-refractivity contribution in [2.75, 3.05) is 13.1 Å². The van der Waals surface area contributed by atoms with Crippen molar-refractivity contribution in [3.8, 4) is 5.75 Å². The number of likely N-dealkylation sites (tertiary alicyclic amines) is 1. The van der Waals surface area contributed by atoms with Crippen molar-refractivity contribution in [2.24, 2.45) is 0 Å². The van der Waals surface area contributed by atoms with E-state index in [2.05, 4.69) is 35.1 Å². The Kier molecular flexibility index (Phi) is 4.37. The van der Waals surface area contributed by atoms with Crippen LogP contribution in [0.15, 0.2) is 48.5 Å². The molecule has 2 saturated heterocycles. The van der Waals surface area contributed by atoms with Gasteiger partial charge in [-0.1, -0.05) is 42.5 Å². The summed E-state index contributed by atoms with van der Waals surface area (Å²) in [6.07, 6.45) is 5.14. The van der Waals surface area contributed by atoms with E-state index in [1.54, 1.807) is 6.07 Å². The summed E-state index contributed by atoms with van der Waals surface area (Å²) in [6, 6.07) is 15.9. The molecule has 2 atom stereocenters. The Balaban J connectivity index is 1.23. The molecule has 2 aromatic carbocycles. The molecule has 0 saturated carbocycles. The van der Waals surface area contributed by atoms with Gasteiger partial charge in [-0.3, -0.25) is 4.79 Å². The average Bonchev–Trinajstić information content (AvgIpc) is 3.35. The third kappa shape index (κ3) is 2.90. The Labute approximate surface area is 165 Å². The number of hydrazine groups is 1. The number of phenols is 1. The number of carbonyl (C=O) groups is 1. The van der Waals surface area contributed by atoms with Crippen LogP contribution in [0, 0.1) is 0 Å². The quantitative estimate of drug-likeness (QED) is 0.753. The highest BCUT2D eigenvalue weighted by atomic mass is 16.3. The first kappa shape index (κ1) is 17.7. The number of aryl methyl sites for hydroxylation is 1. The van der Waals surface area contributed by atoms with E-state index >= 15 is 0 Å². The van der Waals surface area contributed by atoms with Gasteiger partial charge >= 0.3 is 0 Å². The second-order valence-electron chi connectivity index (χ2n) is 8.45. The minimum atomic E-state index is -0.241. The van der Waals surface area contributed by atoms with Crippen molar-refractivity contribution in [3.05, 3.63) is 65.2 Å². The van der Waals surface area contributed by atoms with Crippen LogP contribution in [0.4, 0.5) is 0 Å². The predicted octanol–water partition coefficient (Wildman–Crippen LogP) is 2.81. The fourth-order valence-electron chi connectivity index (χ4n) is 5.36. The molecular formula is C23H27N3O2. The van der Waals surface area contributed by atoms with E-state index in [4.69, 9.17) is 0 Å². The number of hydrogen-bond acceptors (Lipinski definition) is 4. The number of phenolic OH excluding ortho intramolecular Hbond substituents is 1. The lowest BCUT2D eigenvalue weighted by molar-refractivity contribution is -0.134. The van der Waals surface area contributed by atoms with E-state index in [0.717, 1.165) is 31.5 Å². The second kappa shape index (κ2) is 6.90. The van der Waals surface area contributed by atoms with Crippen LogP contribution < -0.4 is 10.9 Å². The molecule has 3 aliphatic rings. The van der Waals surface area contributed by atoms with Crippen LogP contribution in [0.25, 0.3) is 0 Å². The van der Waals surface area contributed by atoms with Crippen molar-refractivity contribution >= 4 is 5.91 Å². The minimum Gasteiger partial charge on any atom is -0.508 e. The van der Waals surface area contributed by atoms with Crippen molar-refractivity contribution < 1.29 is 9.90 Å². The number of piperidine rings is 1. The largest absolute Gasteiger partial charge is 0.508 e. The molecule has 2 heterocycles. The summed E-state index contributed by atoms with van der Waals surface area (Å²) in [6.45, 7) is 1.65. The first-order chi connectivity index (χ1) is 13.7. The fraction of sp³-hybridized carbons (Fsp3) is 0.435. The van der Waals surface area contributed by atoms with Crippen LogP contribution >= 0.6 is 0 Å². The molecule has 3 N–H and O–H groups in total. The van der Waals surface area contributed by atoms with Crippen LogP contribution in [0.5, 0.6) is 5.75 Å². The number of amides is 1. The zero-order chi connectivity index (χ0) is 19.1. The summed E-state index contributed by atoms with van der Waals surface area (Å²) in [5.41, 5.74) is 10.5. The van der Waals surface area contributed by atoms with Crippen LogP contribution in [0.2, 0.25) is 0 Å². The molecule has 0 bridgehead atoms. The monoisotopic (exact) mass is 377 g/mol. The maximum Gasteiger partial charge on any atom is 0.241 e. The summed E-state index contributed by atoms with van der Waals surface area (Å²) in [4.78, 5) is 15.1. The van der Waals surface area contributed by atoms with Crippen LogP contribution in [0.3, 0.4) is 0 Å². The molecule has 1 aliphatic carbocycles. The molecule has 1 amide bonds. The molecule has 2 unspecified atom stereocenters. The van der Waals surface area contributed by atoms with Crippen LogP contribution in [-0.2, 0) is 16.6 Å². The molecule has 2 aliphatic heterocycles. The standard InChI is InChI=1S/C23H27N3O2/c27-21-8-4-2-6-17(21)19-15-20(25-24-19)22(28)26-13-11-23(12-14-26)10-9-16-5-1-3-7-18(16)23/h1-8,19-20,24-25,27H,9-15H2. The van der Waals surface area contributed by atoms with E-state index < -0.39 is 0 Å². The van der Waals surface area contributed by atoms with Gasteiger partial charge in [0.15, 0.2) is 0 Å². The van der Waals surface area contributed by atoms with Crippen molar-refractivity contribution in [1.29, 1.82) is 0 Å². The normalized spacial score (nSPS) is 25.8. The van der Waals surface area contributed by atoms with Gasteiger partial charge < -0.3 is 10.0 Å². The molecule has 0 aromatic heterocycles. The zero-order valence-electron chi connectivity index (χ0n) is 16.0. The molecule has 2 aromatic rings. The van der Waals surface area contributed by atoms with E-state index in [0.29, 0.717) is 6.42 Å². The van der Waals surface area contributed by atoms with Gasteiger partial charge in [-0.05, 0) is 54.7 Å². The Bertz CT molecular complexity index is 889. The molecule has 1 spiro atoms. The predicted molar refractivity (Wildman–Crippen MR) is 108 cm³/mol. The summed E-state index contributed by atoms with van der Waals surface area (Å²) in [5.74, 6) is 0.446. The highest BCUT2D eigenvalue weighted by Gasteiger charge is 2.43. The average molecular weight is 377 g/mol. The third-order valence-electron chi connectivity index (χ3n) is 7.01. The third-order valence-corrected chi connectivity index (χ3v) is 7.01. The van der Waals surface area contributed by atoms with Crippen molar-refractivity contribution in [2.45, 2.75) is 49.6 Å². The first-order valence-electron chi connectivity index (χ1n) is 10.3. The number of carbonyl (C=O) groups excluding carboxylic acids is 1. The fourth-order valence-corrected chi connectivity index (χ4v) is 5.36. The number of rotatable bonds is 2. The van der Waals surface area contributed by atoms with Gasteiger partial charge in [0, 0.05) is 18.7 Å². The molecule has 0 radical (unpaired) electrons. The SMILES string of the molecule is O=C(C1CC(c2ccccc2O)NN1)N1CCC2(CCc3ccccc32)CC1. The smallest absolute Gasteiger partial charge is 0.241 e. The molecule has 5 heteroatoms. The highest BCUT2D eigenvalue weighted by molar-refractivity contribution is 5.82. The van der Waals surface area contributed by atoms with E-state index in [1.807, 2.05) is 23.1 Å². The van der Waals surface area contributed by atoms with E-state index in [9.17, 15) is 9.90 Å². The molecule has 5 nitrogen and oxygen atoms in total. The van der Waals surface area contributed by atoms with E-state index in [-0.39, 0.29) is 29.2 Å². The Hall–Kier alpha value is -2.37. The van der Waals surface area contributed by atoms with Crippen molar-refractivity contribution in [3.63, 3.8) is 0 Å².